The molecule has 0 fully saturated rings. The molecule has 23 heavy (non-hydrogen) atoms. The van der Waals surface area contributed by atoms with E-state index < -0.39 is 6.09 Å². The number of amides is 1. The van der Waals surface area contributed by atoms with Gasteiger partial charge >= 0.3 is 6.09 Å². The van der Waals surface area contributed by atoms with Crippen molar-refractivity contribution < 1.29 is 14.3 Å². The maximum absolute atomic E-state index is 11.8. The summed E-state index contributed by atoms with van der Waals surface area (Å²) in [6.07, 6.45) is 0.244. The van der Waals surface area contributed by atoms with Crippen molar-refractivity contribution in [3.8, 4) is 5.75 Å². The van der Waals surface area contributed by atoms with Gasteiger partial charge in [0.15, 0.2) is 0 Å². The van der Waals surface area contributed by atoms with Crippen molar-refractivity contribution >= 4 is 22.0 Å². The number of carbonyl (C=O) groups is 1. The first-order chi connectivity index (χ1) is 11.2. The molecule has 0 spiro atoms. The van der Waals surface area contributed by atoms with E-state index in [1.807, 2.05) is 55.5 Å². The molecule has 0 saturated heterocycles. The zero-order valence-electron chi connectivity index (χ0n) is 13.0. The van der Waals surface area contributed by atoms with Crippen LogP contribution < -0.4 is 10.1 Å². The molecule has 2 aromatic rings. The number of hydrogen-bond acceptors (Lipinski definition) is 3. The molecule has 0 aliphatic heterocycles. The second-order valence-electron chi connectivity index (χ2n) is 4.87. The molecular weight excluding hydrogens is 358 g/mol. The number of para-hydroxylation sites is 1. The van der Waals surface area contributed by atoms with E-state index in [9.17, 15) is 4.79 Å². The summed E-state index contributed by atoms with van der Waals surface area (Å²) in [4.78, 5) is 11.8. The lowest BCUT2D eigenvalue weighted by Gasteiger charge is -2.11. The summed E-state index contributed by atoms with van der Waals surface area (Å²) < 4.78 is 11.8. The highest BCUT2D eigenvalue weighted by molar-refractivity contribution is 9.10. The van der Waals surface area contributed by atoms with Crippen LogP contribution in [-0.4, -0.2) is 19.3 Å². The molecule has 0 aromatic heterocycles. The molecule has 122 valence electrons. The van der Waals surface area contributed by atoms with Crippen LogP contribution >= 0.6 is 15.9 Å². The van der Waals surface area contributed by atoms with Crippen LogP contribution in [0.1, 0.15) is 18.1 Å². The predicted octanol–water partition coefficient (Wildman–Crippen LogP) is 4.32. The molecule has 0 aliphatic carbocycles. The third kappa shape index (κ3) is 5.60. The predicted molar refractivity (Wildman–Crippen MR) is 93.6 cm³/mol. The number of alkyl carbamates (subject to hydrolysis) is 1. The van der Waals surface area contributed by atoms with Crippen molar-refractivity contribution in [3.63, 3.8) is 0 Å². The highest BCUT2D eigenvalue weighted by Gasteiger charge is 2.06. The first-order valence-electron chi connectivity index (χ1n) is 7.55. The number of halogens is 1. The monoisotopic (exact) mass is 377 g/mol. The number of ether oxygens (including phenoxy) is 2. The van der Waals surface area contributed by atoms with Gasteiger partial charge in [-0.1, -0.05) is 52.3 Å². The molecular formula is C18H20BrNO3. The van der Waals surface area contributed by atoms with Crippen molar-refractivity contribution in [3.05, 3.63) is 64.1 Å². The molecule has 5 heteroatoms. The Balaban J connectivity index is 1.76. The molecule has 1 N–H and O–H groups in total. The molecule has 0 atom stereocenters. The van der Waals surface area contributed by atoms with E-state index in [-0.39, 0.29) is 0 Å². The third-order valence-corrected chi connectivity index (χ3v) is 4.03. The van der Waals surface area contributed by atoms with E-state index in [4.69, 9.17) is 9.47 Å². The lowest BCUT2D eigenvalue weighted by Crippen LogP contribution is -2.24. The van der Waals surface area contributed by atoms with E-state index in [0.717, 1.165) is 21.3 Å². The van der Waals surface area contributed by atoms with Gasteiger partial charge in [-0.3, -0.25) is 0 Å². The minimum atomic E-state index is -0.427. The number of hydrogen-bond donors (Lipinski definition) is 1. The first kappa shape index (κ1) is 17.3. The normalized spacial score (nSPS) is 10.2. The van der Waals surface area contributed by atoms with Crippen molar-refractivity contribution in [2.24, 2.45) is 0 Å². The van der Waals surface area contributed by atoms with Crippen molar-refractivity contribution in [1.82, 2.24) is 5.32 Å². The fourth-order valence-corrected chi connectivity index (χ4v) is 2.60. The maximum Gasteiger partial charge on any atom is 0.407 e. The standard InChI is InChI=1S/C18H20BrNO3/c1-2-22-17-10-6-4-8-15(17)13-20-18(21)23-12-11-14-7-3-5-9-16(14)19/h3-10H,2,11-13H2,1H3,(H,20,21). The molecule has 0 heterocycles. The van der Waals surface area contributed by atoms with Crippen molar-refractivity contribution in [2.45, 2.75) is 19.9 Å². The smallest absolute Gasteiger partial charge is 0.407 e. The van der Waals surface area contributed by atoms with E-state index in [2.05, 4.69) is 21.2 Å². The molecule has 2 rings (SSSR count). The van der Waals surface area contributed by atoms with Gasteiger partial charge in [0.2, 0.25) is 0 Å². The van der Waals surface area contributed by atoms with Crippen LogP contribution in [0.4, 0.5) is 4.79 Å². The average Bonchev–Trinajstić information content (AvgIpc) is 2.56. The summed E-state index contributed by atoms with van der Waals surface area (Å²) in [6.45, 7) is 3.24. The zero-order valence-corrected chi connectivity index (χ0v) is 14.6. The van der Waals surface area contributed by atoms with Gasteiger partial charge < -0.3 is 14.8 Å². The van der Waals surface area contributed by atoms with Crippen LogP contribution in [-0.2, 0) is 17.7 Å². The summed E-state index contributed by atoms with van der Waals surface area (Å²) in [7, 11) is 0. The Morgan fingerprint density at radius 2 is 1.78 bits per heavy atom. The second kappa shape index (κ2) is 9.20. The van der Waals surface area contributed by atoms with E-state index in [1.54, 1.807) is 0 Å². The highest BCUT2D eigenvalue weighted by atomic mass is 79.9. The Labute approximate surface area is 144 Å². The van der Waals surface area contributed by atoms with Gasteiger partial charge in [-0.25, -0.2) is 4.79 Å². The molecule has 0 aliphatic rings. The molecule has 2 aromatic carbocycles. The SMILES string of the molecule is CCOc1ccccc1CNC(=O)OCCc1ccccc1Br. The Morgan fingerprint density at radius 1 is 1.09 bits per heavy atom. The van der Waals surface area contributed by atoms with Gasteiger partial charge in [-0.05, 0) is 24.6 Å². The summed E-state index contributed by atoms with van der Waals surface area (Å²) in [5, 5.41) is 2.75. The lowest BCUT2D eigenvalue weighted by molar-refractivity contribution is 0.147. The lowest BCUT2D eigenvalue weighted by atomic mass is 10.2. The van der Waals surface area contributed by atoms with Crippen LogP contribution in [0.15, 0.2) is 53.0 Å². The summed E-state index contributed by atoms with van der Waals surface area (Å²) >= 11 is 3.48. The summed E-state index contributed by atoms with van der Waals surface area (Å²) in [6, 6.07) is 15.5. The van der Waals surface area contributed by atoms with Crippen LogP contribution in [0.5, 0.6) is 5.75 Å². The van der Waals surface area contributed by atoms with Crippen LogP contribution in [0.25, 0.3) is 0 Å². The van der Waals surface area contributed by atoms with E-state index in [0.29, 0.717) is 26.2 Å². The third-order valence-electron chi connectivity index (χ3n) is 3.26. The van der Waals surface area contributed by atoms with E-state index >= 15 is 0 Å². The second-order valence-corrected chi connectivity index (χ2v) is 5.73. The summed E-state index contributed by atoms with van der Waals surface area (Å²) in [5.74, 6) is 0.781. The van der Waals surface area contributed by atoms with Gasteiger partial charge in [0.05, 0.1) is 13.2 Å². The van der Waals surface area contributed by atoms with Gasteiger partial charge in [0.25, 0.3) is 0 Å². The topological polar surface area (TPSA) is 47.6 Å². The maximum atomic E-state index is 11.8. The van der Waals surface area contributed by atoms with Gasteiger partial charge in [0.1, 0.15) is 5.75 Å². The Kier molecular flexibility index (Phi) is 6.94. The van der Waals surface area contributed by atoms with Crippen LogP contribution in [0, 0.1) is 0 Å². The zero-order chi connectivity index (χ0) is 16.5. The van der Waals surface area contributed by atoms with Crippen molar-refractivity contribution in [1.29, 1.82) is 0 Å². The minimum Gasteiger partial charge on any atom is -0.494 e. The average molecular weight is 378 g/mol. The Morgan fingerprint density at radius 3 is 2.52 bits per heavy atom. The van der Waals surface area contributed by atoms with Crippen LogP contribution in [0.2, 0.25) is 0 Å². The number of benzene rings is 2. The number of nitrogens with one attached hydrogen (secondary N) is 1. The number of rotatable bonds is 7. The van der Waals surface area contributed by atoms with Gasteiger partial charge in [-0.2, -0.15) is 0 Å². The fraction of sp³-hybridized carbons (Fsp3) is 0.278. The Hall–Kier alpha value is -2.01. The molecule has 1 amide bonds. The molecule has 4 nitrogen and oxygen atoms in total. The molecule has 0 unspecified atom stereocenters. The summed E-state index contributed by atoms with van der Waals surface area (Å²) in [5.41, 5.74) is 2.04. The molecule has 0 bridgehead atoms. The first-order valence-corrected chi connectivity index (χ1v) is 8.34. The molecule has 0 radical (unpaired) electrons. The Bertz CT molecular complexity index is 646. The largest absolute Gasteiger partial charge is 0.494 e. The van der Waals surface area contributed by atoms with Crippen LogP contribution in [0.3, 0.4) is 0 Å². The van der Waals surface area contributed by atoms with Crippen molar-refractivity contribution in [2.75, 3.05) is 13.2 Å². The quantitative estimate of drug-likeness (QED) is 0.781. The highest BCUT2D eigenvalue weighted by Crippen LogP contribution is 2.18. The fourth-order valence-electron chi connectivity index (χ4n) is 2.12. The van der Waals surface area contributed by atoms with Gasteiger partial charge in [0, 0.05) is 23.0 Å². The molecule has 0 saturated carbocycles. The minimum absolute atomic E-state index is 0.335. The van der Waals surface area contributed by atoms with E-state index in [1.165, 1.54) is 0 Å². The van der Waals surface area contributed by atoms with Gasteiger partial charge in [-0.15, -0.1) is 0 Å². The number of carbonyl (C=O) groups excluding carboxylic acids is 1.